The number of halogens is 1. The van der Waals surface area contributed by atoms with Gasteiger partial charge in [0.1, 0.15) is 6.67 Å². The van der Waals surface area contributed by atoms with Gasteiger partial charge < -0.3 is 10.2 Å². The van der Waals surface area contributed by atoms with Gasteiger partial charge in [-0.1, -0.05) is 13.5 Å². The molecule has 3 heteroatoms. The zero-order chi connectivity index (χ0) is 17.8. The molecule has 0 aliphatic heterocycles. The highest BCUT2D eigenvalue weighted by molar-refractivity contribution is 5.15. The Morgan fingerprint density at radius 2 is 1.80 bits per heavy atom. The van der Waals surface area contributed by atoms with E-state index in [-0.39, 0.29) is 6.61 Å². The van der Waals surface area contributed by atoms with Gasteiger partial charge in [0.2, 0.25) is 0 Å². The lowest BCUT2D eigenvalue weighted by Crippen LogP contribution is -2.51. The van der Waals surface area contributed by atoms with Gasteiger partial charge in [0.05, 0.1) is 12.2 Å². The van der Waals surface area contributed by atoms with E-state index in [0.29, 0.717) is 36.0 Å². The van der Waals surface area contributed by atoms with E-state index >= 15 is 0 Å². The van der Waals surface area contributed by atoms with Crippen LogP contribution in [0.1, 0.15) is 64.7 Å². The molecule has 2 N–H and O–H groups in total. The minimum Gasteiger partial charge on any atom is -0.392 e. The van der Waals surface area contributed by atoms with Crippen LogP contribution in [0.15, 0.2) is 12.2 Å². The monoisotopic (exact) mass is 350 g/mol. The van der Waals surface area contributed by atoms with Gasteiger partial charge >= 0.3 is 0 Å². The second-order valence-electron chi connectivity index (χ2n) is 10.0. The van der Waals surface area contributed by atoms with Crippen molar-refractivity contribution in [3.05, 3.63) is 12.2 Å². The van der Waals surface area contributed by atoms with E-state index < -0.39 is 12.3 Å². The van der Waals surface area contributed by atoms with Crippen molar-refractivity contribution in [2.45, 2.75) is 70.3 Å². The van der Waals surface area contributed by atoms with Crippen molar-refractivity contribution in [1.29, 1.82) is 0 Å². The second-order valence-corrected chi connectivity index (χ2v) is 10.0. The largest absolute Gasteiger partial charge is 0.392 e. The van der Waals surface area contributed by atoms with Crippen LogP contribution in [0, 0.1) is 40.9 Å². The molecule has 142 valence electrons. The molecule has 0 bridgehead atoms. The van der Waals surface area contributed by atoms with Gasteiger partial charge in [0.15, 0.2) is 0 Å². The molecule has 4 saturated carbocycles. The van der Waals surface area contributed by atoms with E-state index in [2.05, 4.69) is 13.5 Å². The van der Waals surface area contributed by atoms with Crippen molar-refractivity contribution < 1.29 is 14.6 Å². The summed E-state index contributed by atoms with van der Waals surface area (Å²) >= 11 is 0. The summed E-state index contributed by atoms with van der Waals surface area (Å²) in [5.41, 5.74) is 0.333. The molecule has 2 nitrogen and oxygen atoms in total. The zero-order valence-electron chi connectivity index (χ0n) is 15.7. The predicted octanol–water partition coefficient (Wildman–Crippen LogP) is 4.50. The maximum atomic E-state index is 13.3. The number of hydrogen-bond acceptors (Lipinski definition) is 2. The van der Waals surface area contributed by atoms with E-state index in [1.54, 1.807) is 0 Å². The first-order valence-electron chi connectivity index (χ1n) is 10.5. The molecule has 4 rings (SSSR count). The van der Waals surface area contributed by atoms with Gasteiger partial charge in [-0.05, 0) is 104 Å². The molecular weight excluding hydrogens is 315 g/mol. The normalized spacial score (nSPS) is 52.2. The van der Waals surface area contributed by atoms with E-state index in [9.17, 15) is 14.6 Å². The maximum Gasteiger partial charge on any atom is 0.118 e. The van der Waals surface area contributed by atoms with Gasteiger partial charge in [-0.3, -0.25) is 0 Å². The van der Waals surface area contributed by atoms with Crippen molar-refractivity contribution in [3.63, 3.8) is 0 Å². The smallest absolute Gasteiger partial charge is 0.118 e. The molecule has 0 unspecified atom stereocenters. The van der Waals surface area contributed by atoms with E-state index in [0.717, 1.165) is 29.7 Å². The summed E-state index contributed by atoms with van der Waals surface area (Å²) in [5.74, 6) is 4.07. The molecule has 0 aromatic heterocycles. The predicted molar refractivity (Wildman–Crippen MR) is 97.8 cm³/mol. The fourth-order valence-electron chi connectivity index (χ4n) is 7.86. The van der Waals surface area contributed by atoms with Crippen molar-refractivity contribution in [1.82, 2.24) is 0 Å². The Balaban J connectivity index is 1.52. The van der Waals surface area contributed by atoms with Crippen molar-refractivity contribution in [2.24, 2.45) is 40.9 Å². The lowest BCUT2D eigenvalue weighted by atomic mass is 9.49. The Morgan fingerprint density at radius 3 is 2.52 bits per heavy atom. The Bertz CT molecular complexity index is 534. The Hall–Kier alpha value is -0.410. The third-order valence-electron chi connectivity index (χ3n) is 9.05. The highest BCUT2D eigenvalue weighted by Gasteiger charge is 2.57. The highest BCUT2D eigenvalue weighted by Crippen LogP contribution is 2.65. The van der Waals surface area contributed by atoms with Crippen LogP contribution in [0.5, 0.6) is 0 Å². The number of rotatable bonds is 3. The first kappa shape index (κ1) is 18.0. The summed E-state index contributed by atoms with van der Waals surface area (Å²) in [4.78, 5) is 0. The highest BCUT2D eigenvalue weighted by atomic mass is 19.1. The molecule has 0 aromatic carbocycles. The maximum absolute atomic E-state index is 13.3. The molecule has 4 fully saturated rings. The summed E-state index contributed by atoms with van der Waals surface area (Å²) in [6, 6.07) is 0. The third-order valence-corrected chi connectivity index (χ3v) is 9.05. The lowest BCUT2D eigenvalue weighted by molar-refractivity contribution is -0.110. The third kappa shape index (κ3) is 2.72. The van der Waals surface area contributed by atoms with Crippen LogP contribution in [0.4, 0.5) is 4.39 Å². The quantitative estimate of drug-likeness (QED) is 0.736. The topological polar surface area (TPSA) is 40.5 Å². The molecule has 0 saturated heterocycles. The Morgan fingerprint density at radius 1 is 1.04 bits per heavy atom. The van der Waals surface area contributed by atoms with Crippen molar-refractivity contribution >= 4 is 0 Å². The van der Waals surface area contributed by atoms with Gasteiger partial charge in [0.25, 0.3) is 0 Å². The molecule has 0 radical (unpaired) electrons. The van der Waals surface area contributed by atoms with Gasteiger partial charge in [0, 0.05) is 0 Å². The second kappa shape index (κ2) is 6.34. The van der Waals surface area contributed by atoms with Gasteiger partial charge in [-0.15, -0.1) is 0 Å². The lowest BCUT2D eigenvalue weighted by Gasteiger charge is -2.57. The Kier molecular flexibility index (Phi) is 4.56. The SMILES string of the molecule is C=C(CO)[C@H]1CC[C@H]2[C@@H]3CC[C@@H]4C[C@@](O)(CF)CC[C@@H]4[C@H]3CC[C@]12C. The summed E-state index contributed by atoms with van der Waals surface area (Å²) in [6.07, 6.45) is 9.79. The molecular formula is C22H35FO2. The van der Waals surface area contributed by atoms with Crippen molar-refractivity contribution in [2.75, 3.05) is 13.3 Å². The van der Waals surface area contributed by atoms with Crippen molar-refractivity contribution in [3.8, 4) is 0 Å². The first-order valence-corrected chi connectivity index (χ1v) is 10.5. The molecule has 4 aliphatic carbocycles. The van der Waals surface area contributed by atoms with Gasteiger partial charge in [-0.2, -0.15) is 0 Å². The molecule has 0 aromatic rings. The summed E-state index contributed by atoms with van der Waals surface area (Å²) in [5, 5.41) is 20.0. The first-order chi connectivity index (χ1) is 11.9. The number of aliphatic hydroxyl groups excluding tert-OH is 1. The van der Waals surface area contributed by atoms with E-state index in [1.165, 1.54) is 38.5 Å². The number of fused-ring (bicyclic) bond motifs is 5. The molecule has 4 aliphatic rings. The average Bonchev–Trinajstić information content (AvgIpc) is 2.98. The minimum absolute atomic E-state index is 0.133. The Labute approximate surface area is 151 Å². The molecule has 8 atom stereocenters. The van der Waals surface area contributed by atoms with Crippen LogP contribution in [-0.4, -0.2) is 29.1 Å². The minimum atomic E-state index is -1.03. The van der Waals surface area contributed by atoms with Crippen LogP contribution in [0.25, 0.3) is 0 Å². The molecule has 0 heterocycles. The summed E-state index contributed by atoms with van der Waals surface area (Å²) in [7, 11) is 0. The molecule has 0 spiro atoms. The van der Waals surface area contributed by atoms with Crippen LogP contribution in [-0.2, 0) is 0 Å². The average molecular weight is 351 g/mol. The van der Waals surface area contributed by atoms with Crippen LogP contribution in [0.2, 0.25) is 0 Å². The fourth-order valence-corrected chi connectivity index (χ4v) is 7.86. The van der Waals surface area contributed by atoms with E-state index in [4.69, 9.17) is 0 Å². The fraction of sp³-hybridized carbons (Fsp3) is 0.909. The number of alkyl halides is 1. The standard InChI is InChI=1S/C22H35FO2/c1-14(12-24)19-5-6-20-18-4-3-15-11-22(25,13-23)10-8-16(15)17(18)7-9-21(19,20)2/h15-20,24-25H,1,3-13H2,2H3/t15-,16+,17-,18-,19-,20+,21-,22-/m1/s1. The van der Waals surface area contributed by atoms with E-state index in [1.807, 2.05) is 0 Å². The van der Waals surface area contributed by atoms with Gasteiger partial charge in [-0.25, -0.2) is 4.39 Å². The van der Waals surface area contributed by atoms with Crippen LogP contribution in [0.3, 0.4) is 0 Å². The molecule has 25 heavy (non-hydrogen) atoms. The molecule has 0 amide bonds. The number of aliphatic hydroxyl groups is 2. The number of hydrogen-bond donors (Lipinski definition) is 2. The zero-order valence-corrected chi connectivity index (χ0v) is 15.7. The summed E-state index contributed by atoms with van der Waals surface area (Å²) < 4.78 is 13.3. The van der Waals surface area contributed by atoms with Crippen LogP contribution >= 0.6 is 0 Å². The summed E-state index contributed by atoms with van der Waals surface area (Å²) in [6.45, 7) is 6.19. The van der Waals surface area contributed by atoms with Crippen LogP contribution < -0.4 is 0 Å².